The van der Waals surface area contributed by atoms with Crippen LogP contribution in [-0.2, 0) is 24.7 Å². The molecule has 52 heavy (non-hydrogen) atoms. The summed E-state index contributed by atoms with van der Waals surface area (Å²) < 4.78 is 241. The zero-order chi connectivity index (χ0) is 40.8. The molecule has 0 heterocycles. The number of anilines is 2. The highest BCUT2D eigenvalue weighted by molar-refractivity contribution is 5.59. The molecule has 2 aromatic rings. The van der Waals surface area contributed by atoms with E-state index in [0.29, 0.717) is 12.8 Å². The van der Waals surface area contributed by atoms with Crippen LogP contribution in [0.3, 0.4) is 0 Å². The van der Waals surface area contributed by atoms with Crippen LogP contribution < -0.4 is 11.5 Å². The summed E-state index contributed by atoms with van der Waals surface area (Å²) in [6.45, 7) is 8.28. The highest BCUT2D eigenvalue weighted by atomic mass is 19.4. The van der Waals surface area contributed by atoms with E-state index in [1.165, 1.54) is 27.7 Å². The molecule has 0 fully saturated rings. The summed E-state index contributed by atoms with van der Waals surface area (Å²) in [6.07, 6.45) is 0.506. The lowest BCUT2D eigenvalue weighted by Crippen LogP contribution is -2.74. The van der Waals surface area contributed by atoms with Crippen molar-refractivity contribution < 1.29 is 70.2 Å². The third-order valence-electron chi connectivity index (χ3n) is 8.92. The van der Waals surface area contributed by atoms with Crippen LogP contribution in [0.15, 0.2) is 24.3 Å². The highest BCUT2D eigenvalue weighted by Gasteiger charge is 2.95. The molecule has 0 saturated carbocycles. The van der Waals surface area contributed by atoms with E-state index in [0.717, 1.165) is 0 Å². The molecule has 18 heteroatoms. The van der Waals surface area contributed by atoms with E-state index in [-0.39, 0.29) is 72.5 Å². The average molecular weight is 781 g/mol. The number of alkyl halides is 16. The number of rotatable bonds is 17. The van der Waals surface area contributed by atoms with Crippen molar-refractivity contribution in [2.45, 2.75) is 139 Å². The van der Waals surface area contributed by atoms with Gasteiger partial charge in [0.15, 0.2) is 0 Å². The van der Waals surface area contributed by atoms with Gasteiger partial charge in [-0.2, -0.15) is 70.2 Å². The Kier molecular flexibility index (Phi) is 12.7. The number of nitrogens with two attached hydrogens (primary N) is 2. The van der Waals surface area contributed by atoms with Gasteiger partial charge >= 0.3 is 47.4 Å². The van der Waals surface area contributed by atoms with Crippen molar-refractivity contribution in [2.24, 2.45) is 0 Å². The van der Waals surface area contributed by atoms with E-state index < -0.39 is 81.5 Å². The Morgan fingerprint density at radius 3 is 0.923 bits per heavy atom. The molecule has 0 spiro atoms. The number of halogens is 16. The van der Waals surface area contributed by atoms with Crippen LogP contribution in [0.5, 0.6) is 0 Å². The second kappa shape index (κ2) is 14.6. The van der Waals surface area contributed by atoms with Crippen molar-refractivity contribution >= 4 is 11.4 Å². The molecule has 0 radical (unpaired) electrons. The summed E-state index contributed by atoms with van der Waals surface area (Å²) in [7, 11) is 0. The monoisotopic (exact) mass is 780 g/mol. The summed E-state index contributed by atoms with van der Waals surface area (Å²) >= 11 is 0. The smallest absolute Gasteiger partial charge is 0.385 e. The van der Waals surface area contributed by atoms with Gasteiger partial charge in [0.2, 0.25) is 0 Å². The molecule has 2 rings (SSSR count). The predicted molar refractivity (Wildman–Crippen MR) is 165 cm³/mol. The van der Waals surface area contributed by atoms with E-state index in [4.69, 9.17) is 11.5 Å². The van der Waals surface area contributed by atoms with Crippen molar-refractivity contribution in [3.05, 3.63) is 57.6 Å². The first-order valence-corrected chi connectivity index (χ1v) is 16.2. The Morgan fingerprint density at radius 2 is 0.692 bits per heavy atom. The first-order valence-electron chi connectivity index (χ1n) is 16.2. The lowest BCUT2D eigenvalue weighted by atomic mass is 9.83. The van der Waals surface area contributed by atoms with Gasteiger partial charge in [-0.15, -0.1) is 0 Å². The largest absolute Gasteiger partial charge is 0.398 e. The minimum atomic E-state index is -8.54. The van der Waals surface area contributed by atoms with Gasteiger partial charge in [0.25, 0.3) is 0 Å². The molecule has 0 aliphatic carbocycles. The molecule has 0 amide bonds. The summed E-state index contributed by atoms with van der Waals surface area (Å²) in [4.78, 5) is 0. The lowest BCUT2D eigenvalue weighted by Gasteiger charge is -2.44. The Labute approximate surface area is 290 Å². The molecule has 0 aliphatic rings. The van der Waals surface area contributed by atoms with Gasteiger partial charge in [0.1, 0.15) is 0 Å². The zero-order valence-corrected chi connectivity index (χ0v) is 28.9. The number of aryl methyl sites for hydroxylation is 2. The van der Waals surface area contributed by atoms with Crippen LogP contribution in [0.4, 0.5) is 81.6 Å². The molecule has 4 N–H and O–H groups in total. The number of nitrogen functional groups attached to an aromatic ring is 2. The second-order valence-electron chi connectivity index (χ2n) is 13.4. The fraction of sp³-hybridized carbons (Fsp3) is 0.647. The van der Waals surface area contributed by atoms with Gasteiger partial charge in [-0.3, -0.25) is 0 Å². The molecular formula is C34H40F16N2. The summed E-state index contributed by atoms with van der Waals surface area (Å²) in [5.41, 5.74) is 5.29. The molecule has 0 aliphatic heterocycles. The molecule has 2 nitrogen and oxygen atoms in total. The van der Waals surface area contributed by atoms with E-state index >= 15 is 35.1 Å². The molecule has 0 atom stereocenters. The zero-order valence-electron chi connectivity index (χ0n) is 28.9. The lowest BCUT2D eigenvalue weighted by molar-refractivity contribution is -0.456. The van der Waals surface area contributed by atoms with Crippen LogP contribution in [0.25, 0.3) is 0 Å². The molecule has 0 unspecified atom stereocenters. The number of unbranched alkanes of at least 4 members (excludes halogenated alkanes) is 2. The van der Waals surface area contributed by atoms with Crippen molar-refractivity contribution in [3.8, 4) is 0 Å². The fourth-order valence-electron chi connectivity index (χ4n) is 5.49. The minimum Gasteiger partial charge on any atom is -0.398 e. The molecular weight excluding hydrogens is 740 g/mol. The Balaban J connectivity index is 2.80. The third-order valence-corrected chi connectivity index (χ3v) is 8.92. The van der Waals surface area contributed by atoms with Gasteiger partial charge in [-0.1, -0.05) is 54.4 Å². The first kappa shape index (κ1) is 45.1. The van der Waals surface area contributed by atoms with Gasteiger partial charge in [0, 0.05) is 22.5 Å². The third kappa shape index (κ3) is 6.88. The highest BCUT2D eigenvalue weighted by Crippen LogP contribution is 2.66. The van der Waals surface area contributed by atoms with Crippen molar-refractivity contribution in [3.63, 3.8) is 0 Å². The number of hydrogen-bond donors (Lipinski definition) is 2. The molecule has 0 bridgehead atoms. The molecule has 0 aromatic heterocycles. The van der Waals surface area contributed by atoms with E-state index in [1.807, 2.05) is 0 Å². The topological polar surface area (TPSA) is 52.0 Å². The van der Waals surface area contributed by atoms with Crippen molar-refractivity contribution in [2.75, 3.05) is 11.5 Å². The van der Waals surface area contributed by atoms with Crippen molar-refractivity contribution in [1.29, 1.82) is 0 Å². The van der Waals surface area contributed by atoms with Crippen LogP contribution in [0.1, 0.15) is 112 Å². The molecule has 298 valence electrons. The quantitative estimate of drug-likeness (QED) is 0.124. The fourth-order valence-corrected chi connectivity index (χ4v) is 5.49. The number of hydrogen-bond acceptors (Lipinski definition) is 2. The summed E-state index contributed by atoms with van der Waals surface area (Å²) in [5, 5.41) is 0. The van der Waals surface area contributed by atoms with E-state index in [1.54, 1.807) is 13.8 Å². The number of benzene rings is 2. The van der Waals surface area contributed by atoms with Crippen LogP contribution in [-0.4, -0.2) is 35.5 Å². The van der Waals surface area contributed by atoms with Gasteiger partial charge in [-0.25, -0.2) is 0 Å². The standard InChI is InChI=1S/C34H40F16N2/c1-7-9-11-19-13-21(15-23(17(3)4)25(19)51)27(35,36)29(39,40)31(43,44)33(47,48)34(49,50)32(45,46)30(41,42)28(37,38)22-14-20(12-10-8-2)26(52)24(16-22)18(5)6/h13-18H,7-12,51-52H2,1-6H3. The predicted octanol–water partition coefficient (Wildman–Crippen LogP) is 12.5. The molecule has 2 aromatic carbocycles. The Morgan fingerprint density at radius 1 is 0.442 bits per heavy atom. The van der Waals surface area contributed by atoms with Crippen molar-refractivity contribution in [1.82, 2.24) is 0 Å². The summed E-state index contributed by atoms with van der Waals surface area (Å²) in [6, 6.07) is 0.387. The van der Waals surface area contributed by atoms with E-state index in [2.05, 4.69) is 0 Å². The van der Waals surface area contributed by atoms with E-state index in [9.17, 15) is 35.1 Å². The summed E-state index contributed by atoms with van der Waals surface area (Å²) in [5.74, 6) is -64.2. The molecule has 0 saturated heterocycles. The first-order chi connectivity index (χ1) is 23.3. The van der Waals surface area contributed by atoms with Gasteiger partial charge in [-0.05, 0) is 84.0 Å². The SMILES string of the molecule is CCCCc1cc(C(F)(F)C(F)(F)C(F)(F)C(F)(F)C(F)(F)C(F)(F)C(F)(F)C(F)(F)c2cc(CCCC)c(N)c(C(C)C)c2)cc(C(C)C)c1N. The maximum atomic E-state index is 15.3. The maximum Gasteiger partial charge on any atom is 0.385 e. The van der Waals surface area contributed by atoms with Gasteiger partial charge < -0.3 is 11.5 Å². The maximum absolute atomic E-state index is 15.3. The second-order valence-corrected chi connectivity index (χ2v) is 13.4. The normalized spacial score (nSPS) is 14.5. The van der Waals surface area contributed by atoms with Crippen LogP contribution in [0, 0.1) is 0 Å². The minimum absolute atomic E-state index is 0.0891. The van der Waals surface area contributed by atoms with Crippen LogP contribution >= 0.6 is 0 Å². The Hall–Kier alpha value is -3.08. The Bertz CT molecular complexity index is 1450. The van der Waals surface area contributed by atoms with Gasteiger partial charge in [0.05, 0.1) is 0 Å². The average Bonchev–Trinajstić information content (AvgIpc) is 3.02. The van der Waals surface area contributed by atoms with Crippen LogP contribution in [0.2, 0.25) is 0 Å².